The minimum absolute atomic E-state index is 0. The second-order valence-corrected chi connectivity index (χ2v) is 8.10. The van der Waals surface area contributed by atoms with E-state index >= 15 is 0 Å². The molecule has 0 bridgehead atoms. The van der Waals surface area contributed by atoms with E-state index in [1.54, 1.807) is 19.1 Å². The second kappa shape index (κ2) is 10.2. The standard InChI is InChI=1S/C20H19F6O2P.Li/c1-11(2)10-28-13-7-8-16(12(3)9-13)29-18(27)17-14(19(21,22)23)5-4-6-15(17)20(24,25)26;/h4-9,11,29H,10H2,1-3H3;. The first-order chi connectivity index (χ1) is 13.3. The van der Waals surface area contributed by atoms with Crippen LogP contribution in [-0.4, -0.2) is 31.0 Å². The zero-order chi connectivity index (χ0) is 22.0. The van der Waals surface area contributed by atoms with Gasteiger partial charge in [-0.3, -0.25) is 4.79 Å². The molecule has 159 valence electrons. The minimum atomic E-state index is -5.08. The smallest absolute Gasteiger partial charge is 0.417 e. The Hall–Kier alpha value is -1.48. The molecule has 0 N–H and O–H groups in total. The van der Waals surface area contributed by atoms with Crippen LogP contribution in [0.25, 0.3) is 0 Å². The van der Waals surface area contributed by atoms with E-state index in [4.69, 9.17) is 4.74 Å². The number of hydrogen-bond donors (Lipinski definition) is 0. The molecule has 0 aromatic heterocycles. The van der Waals surface area contributed by atoms with Crippen LogP contribution < -0.4 is 10.0 Å². The molecule has 10 heteroatoms. The first-order valence-corrected chi connectivity index (χ1v) is 9.63. The third-order valence-electron chi connectivity index (χ3n) is 3.93. The van der Waals surface area contributed by atoms with E-state index in [0.717, 1.165) is 0 Å². The average Bonchev–Trinajstić information content (AvgIpc) is 2.59. The molecular weight excluding hydrogens is 424 g/mol. The molecule has 0 saturated carbocycles. The molecule has 1 unspecified atom stereocenters. The Balaban J connectivity index is 0.00000450. The van der Waals surface area contributed by atoms with Crippen LogP contribution >= 0.6 is 8.58 Å². The van der Waals surface area contributed by atoms with Gasteiger partial charge in [-0.05, 0) is 56.6 Å². The van der Waals surface area contributed by atoms with Crippen molar-refractivity contribution in [2.45, 2.75) is 33.1 Å². The van der Waals surface area contributed by atoms with Crippen molar-refractivity contribution in [1.82, 2.24) is 0 Å². The minimum Gasteiger partial charge on any atom is -0.493 e. The zero-order valence-corrected chi connectivity index (χ0v) is 17.8. The third kappa shape index (κ3) is 6.77. The van der Waals surface area contributed by atoms with Gasteiger partial charge in [0.1, 0.15) is 5.75 Å². The Morgan fingerprint density at radius 1 is 1.00 bits per heavy atom. The van der Waals surface area contributed by atoms with Crippen molar-refractivity contribution in [3.63, 3.8) is 0 Å². The number of rotatable bonds is 6. The molecule has 0 fully saturated rings. The molecule has 0 heterocycles. The molecule has 0 aliphatic rings. The summed E-state index contributed by atoms with van der Waals surface area (Å²) < 4.78 is 85.1. The van der Waals surface area contributed by atoms with Gasteiger partial charge in [-0.15, -0.1) is 0 Å². The summed E-state index contributed by atoms with van der Waals surface area (Å²) in [5.74, 6) is 0.793. The first kappa shape index (κ1) is 26.6. The van der Waals surface area contributed by atoms with Crippen molar-refractivity contribution >= 4 is 38.3 Å². The van der Waals surface area contributed by atoms with E-state index in [0.29, 0.717) is 41.4 Å². The van der Waals surface area contributed by atoms with Crippen LogP contribution in [0, 0.1) is 12.8 Å². The van der Waals surface area contributed by atoms with Crippen molar-refractivity contribution < 1.29 is 35.9 Å². The number of hydrogen-bond acceptors (Lipinski definition) is 2. The molecule has 1 atom stereocenters. The number of aryl methyl sites for hydroxylation is 1. The van der Waals surface area contributed by atoms with Gasteiger partial charge in [-0.25, -0.2) is 0 Å². The summed E-state index contributed by atoms with van der Waals surface area (Å²) in [6.07, 6.45) is -10.2. The van der Waals surface area contributed by atoms with E-state index in [2.05, 4.69) is 0 Å². The van der Waals surface area contributed by atoms with Gasteiger partial charge in [-0.1, -0.05) is 26.0 Å². The summed E-state index contributed by atoms with van der Waals surface area (Å²) in [5.41, 5.74) is -5.18. The van der Waals surface area contributed by atoms with Gasteiger partial charge < -0.3 is 4.74 Å². The van der Waals surface area contributed by atoms with Crippen molar-refractivity contribution in [3.05, 3.63) is 58.7 Å². The molecule has 0 spiro atoms. The van der Waals surface area contributed by atoms with Crippen LogP contribution in [0.5, 0.6) is 5.75 Å². The van der Waals surface area contributed by atoms with Crippen molar-refractivity contribution in [2.75, 3.05) is 6.61 Å². The molecule has 2 rings (SSSR count). The molecule has 0 aliphatic carbocycles. The Labute approximate surface area is 184 Å². The van der Waals surface area contributed by atoms with Gasteiger partial charge in [0.15, 0.2) is 5.52 Å². The van der Waals surface area contributed by atoms with Gasteiger partial charge in [-0.2, -0.15) is 26.3 Å². The molecule has 2 nitrogen and oxygen atoms in total. The maximum absolute atomic E-state index is 13.3. The topological polar surface area (TPSA) is 26.3 Å². The molecule has 0 saturated heterocycles. The van der Waals surface area contributed by atoms with E-state index < -0.39 is 43.1 Å². The van der Waals surface area contributed by atoms with Gasteiger partial charge in [0.25, 0.3) is 0 Å². The number of carbonyl (C=O) groups is 1. The van der Waals surface area contributed by atoms with Crippen LogP contribution in [-0.2, 0) is 12.4 Å². The van der Waals surface area contributed by atoms with Crippen LogP contribution in [0.1, 0.15) is 40.9 Å². The van der Waals surface area contributed by atoms with Crippen molar-refractivity contribution in [3.8, 4) is 5.75 Å². The summed E-state index contributed by atoms with van der Waals surface area (Å²) in [6, 6.07) is 6.28. The van der Waals surface area contributed by atoms with Crippen LogP contribution in [0.3, 0.4) is 0 Å². The van der Waals surface area contributed by atoms with E-state index in [1.165, 1.54) is 6.07 Å². The van der Waals surface area contributed by atoms with Crippen molar-refractivity contribution in [1.29, 1.82) is 0 Å². The van der Waals surface area contributed by atoms with Gasteiger partial charge in [0.05, 0.1) is 17.7 Å². The van der Waals surface area contributed by atoms with Gasteiger partial charge in [0.2, 0.25) is 0 Å². The van der Waals surface area contributed by atoms with E-state index in [-0.39, 0.29) is 24.8 Å². The summed E-state index contributed by atoms with van der Waals surface area (Å²) >= 11 is 0. The SMILES string of the molecule is Cc1cc(OCC(C)C)ccc1PC(=O)c1c(C(F)(F)F)cccc1C(F)(F)F.[Li]. The molecule has 1 radical (unpaired) electrons. The largest absolute Gasteiger partial charge is 0.493 e. The fourth-order valence-corrected chi connectivity index (χ4v) is 3.66. The monoisotopic (exact) mass is 443 g/mol. The number of alkyl halides is 6. The molecule has 0 amide bonds. The zero-order valence-electron chi connectivity index (χ0n) is 16.8. The number of halogens is 6. The van der Waals surface area contributed by atoms with Crippen molar-refractivity contribution in [2.24, 2.45) is 5.92 Å². The predicted molar refractivity (Wildman–Crippen MR) is 106 cm³/mol. The summed E-state index contributed by atoms with van der Waals surface area (Å²) in [6.45, 7) is 5.99. The van der Waals surface area contributed by atoms with E-state index in [1.807, 2.05) is 13.8 Å². The summed E-state index contributed by atoms with van der Waals surface area (Å²) in [7, 11) is -0.895. The van der Waals surface area contributed by atoms with Crippen LogP contribution in [0.4, 0.5) is 26.3 Å². The number of benzene rings is 2. The maximum atomic E-state index is 13.3. The number of carbonyl (C=O) groups excluding carboxylic acids is 1. The quantitative estimate of drug-likeness (QED) is 0.319. The van der Waals surface area contributed by atoms with E-state index in [9.17, 15) is 31.1 Å². The van der Waals surface area contributed by atoms with Crippen LogP contribution in [0.15, 0.2) is 36.4 Å². The molecule has 30 heavy (non-hydrogen) atoms. The molecule has 0 aliphatic heterocycles. The third-order valence-corrected chi connectivity index (χ3v) is 5.24. The predicted octanol–water partition coefficient (Wildman–Crippen LogP) is 5.83. The second-order valence-electron chi connectivity index (χ2n) is 6.86. The summed E-state index contributed by atoms with van der Waals surface area (Å²) in [4.78, 5) is 12.6. The maximum Gasteiger partial charge on any atom is 0.417 e. The Morgan fingerprint density at radius 3 is 1.97 bits per heavy atom. The molecule has 2 aromatic carbocycles. The Kier molecular flexibility index (Phi) is 9.04. The normalized spacial score (nSPS) is 12.3. The van der Waals surface area contributed by atoms with Crippen LogP contribution in [0.2, 0.25) is 0 Å². The Morgan fingerprint density at radius 2 is 1.53 bits per heavy atom. The number of ether oxygens (including phenoxy) is 1. The molecule has 2 aromatic rings. The fraction of sp³-hybridized carbons (Fsp3) is 0.350. The average molecular weight is 443 g/mol. The Bertz CT molecular complexity index is 862. The van der Waals surface area contributed by atoms with Gasteiger partial charge >= 0.3 is 12.4 Å². The molecular formula is C20H19F6LiO2P. The fourth-order valence-electron chi connectivity index (χ4n) is 2.58. The summed E-state index contributed by atoms with van der Waals surface area (Å²) in [5, 5.41) is 0.358. The first-order valence-electron chi connectivity index (χ1n) is 8.63. The van der Waals surface area contributed by atoms with Gasteiger partial charge in [0, 0.05) is 24.4 Å².